The van der Waals surface area contributed by atoms with Crippen molar-refractivity contribution in [2.24, 2.45) is 0 Å². The fourth-order valence-electron chi connectivity index (χ4n) is 3.83. The highest BCUT2D eigenvalue weighted by Gasteiger charge is 2.30. The van der Waals surface area contributed by atoms with Gasteiger partial charge < -0.3 is 25.2 Å². The van der Waals surface area contributed by atoms with Crippen LogP contribution in [-0.2, 0) is 31.0 Å². The van der Waals surface area contributed by atoms with E-state index in [1.54, 1.807) is 4.90 Å². The van der Waals surface area contributed by atoms with Crippen LogP contribution in [0.4, 0.5) is 0 Å². The zero-order chi connectivity index (χ0) is 22.7. The quantitative estimate of drug-likeness (QED) is 0.554. The SMILES string of the molecule is CC(=O)NCc1cccc2c1CN(C(=O)c1c(O)cc(O)cc1OCc1ccccc1)C2. The van der Waals surface area contributed by atoms with Crippen molar-refractivity contribution >= 4 is 11.8 Å². The lowest BCUT2D eigenvalue weighted by molar-refractivity contribution is -0.119. The number of amides is 2. The average Bonchev–Trinajstić information content (AvgIpc) is 3.21. The zero-order valence-corrected chi connectivity index (χ0v) is 17.7. The number of nitrogens with one attached hydrogen (secondary N) is 1. The van der Waals surface area contributed by atoms with Crippen LogP contribution in [0.25, 0.3) is 0 Å². The van der Waals surface area contributed by atoms with Crippen LogP contribution in [0.15, 0.2) is 60.7 Å². The van der Waals surface area contributed by atoms with Crippen molar-refractivity contribution in [3.8, 4) is 17.2 Å². The lowest BCUT2D eigenvalue weighted by Gasteiger charge is -2.19. The molecule has 0 bridgehead atoms. The molecule has 3 N–H and O–H groups in total. The maximum absolute atomic E-state index is 13.4. The first kappa shape index (κ1) is 21.2. The molecule has 0 radical (unpaired) electrons. The standard InChI is InChI=1S/C25H24N2O5/c1-16(28)26-12-18-8-5-9-19-13-27(14-21(18)19)25(31)24-22(30)10-20(29)11-23(24)32-15-17-6-3-2-4-7-17/h2-11,29-30H,12-15H2,1H3,(H,26,28). The Labute approximate surface area is 185 Å². The van der Waals surface area contributed by atoms with Gasteiger partial charge in [0.15, 0.2) is 0 Å². The predicted molar refractivity (Wildman–Crippen MR) is 118 cm³/mol. The first-order chi connectivity index (χ1) is 15.4. The van der Waals surface area contributed by atoms with Crippen molar-refractivity contribution < 1.29 is 24.5 Å². The largest absolute Gasteiger partial charge is 0.508 e. The number of carbonyl (C=O) groups excluding carboxylic acids is 2. The number of aromatic hydroxyl groups is 2. The number of ether oxygens (including phenoxy) is 1. The summed E-state index contributed by atoms with van der Waals surface area (Å²) in [4.78, 5) is 26.3. The Hall–Kier alpha value is -4.00. The van der Waals surface area contributed by atoms with Crippen molar-refractivity contribution in [2.45, 2.75) is 33.2 Å². The number of phenolic OH excluding ortho intramolecular Hbond substituents is 2. The molecule has 0 atom stereocenters. The Morgan fingerprint density at radius 2 is 1.81 bits per heavy atom. The van der Waals surface area contributed by atoms with Crippen LogP contribution in [0, 0.1) is 0 Å². The highest BCUT2D eigenvalue weighted by Crippen LogP contribution is 2.36. The Bertz CT molecular complexity index is 1160. The molecule has 0 spiro atoms. The van der Waals surface area contributed by atoms with Crippen molar-refractivity contribution in [1.82, 2.24) is 10.2 Å². The van der Waals surface area contributed by atoms with E-state index in [4.69, 9.17) is 4.74 Å². The van der Waals surface area contributed by atoms with Crippen molar-refractivity contribution in [2.75, 3.05) is 0 Å². The molecular formula is C25H24N2O5. The average molecular weight is 432 g/mol. The number of hydrogen-bond donors (Lipinski definition) is 3. The van der Waals surface area contributed by atoms with E-state index in [0.29, 0.717) is 19.6 Å². The molecule has 0 unspecified atom stereocenters. The first-order valence-electron chi connectivity index (χ1n) is 10.3. The molecule has 32 heavy (non-hydrogen) atoms. The third-order valence-corrected chi connectivity index (χ3v) is 5.41. The first-order valence-corrected chi connectivity index (χ1v) is 10.3. The van der Waals surface area contributed by atoms with Gasteiger partial charge in [-0.15, -0.1) is 0 Å². The lowest BCUT2D eigenvalue weighted by atomic mass is 10.0. The Morgan fingerprint density at radius 3 is 2.56 bits per heavy atom. The second-order valence-electron chi connectivity index (χ2n) is 7.74. The number of hydrogen-bond acceptors (Lipinski definition) is 5. The van der Waals surface area contributed by atoms with Gasteiger partial charge in [-0.3, -0.25) is 9.59 Å². The van der Waals surface area contributed by atoms with Crippen molar-refractivity contribution in [3.63, 3.8) is 0 Å². The molecule has 2 amide bonds. The fourth-order valence-corrected chi connectivity index (χ4v) is 3.83. The maximum Gasteiger partial charge on any atom is 0.262 e. The Kier molecular flexibility index (Phi) is 5.98. The van der Waals surface area contributed by atoms with Gasteiger partial charge in [-0.25, -0.2) is 0 Å². The molecule has 1 aliphatic rings. The summed E-state index contributed by atoms with van der Waals surface area (Å²) >= 11 is 0. The van der Waals surface area contributed by atoms with Crippen molar-refractivity contribution in [1.29, 1.82) is 0 Å². The summed E-state index contributed by atoms with van der Waals surface area (Å²) in [5.41, 5.74) is 3.83. The smallest absolute Gasteiger partial charge is 0.262 e. The molecule has 0 aromatic heterocycles. The molecule has 164 valence electrons. The van der Waals surface area contributed by atoms with Crippen LogP contribution in [0.3, 0.4) is 0 Å². The molecule has 1 heterocycles. The maximum atomic E-state index is 13.4. The van der Waals surface area contributed by atoms with Crippen LogP contribution in [0.2, 0.25) is 0 Å². The van der Waals surface area contributed by atoms with Gasteiger partial charge in [-0.2, -0.15) is 0 Å². The van der Waals surface area contributed by atoms with Gasteiger partial charge >= 0.3 is 0 Å². The number of benzene rings is 3. The third-order valence-electron chi connectivity index (χ3n) is 5.41. The number of fused-ring (bicyclic) bond motifs is 1. The fraction of sp³-hybridized carbons (Fsp3) is 0.200. The van der Waals surface area contributed by atoms with E-state index in [-0.39, 0.29) is 35.3 Å². The summed E-state index contributed by atoms with van der Waals surface area (Å²) in [5, 5.41) is 23.2. The van der Waals surface area contributed by atoms with E-state index in [1.807, 2.05) is 48.5 Å². The van der Waals surface area contributed by atoms with Crippen LogP contribution in [-0.4, -0.2) is 26.9 Å². The summed E-state index contributed by atoms with van der Waals surface area (Å²) in [6.07, 6.45) is 0. The van der Waals surface area contributed by atoms with Gasteiger partial charge in [0.25, 0.3) is 5.91 Å². The summed E-state index contributed by atoms with van der Waals surface area (Å²) in [5.74, 6) is -0.933. The number of carbonyl (C=O) groups is 2. The molecule has 4 rings (SSSR count). The molecule has 7 nitrogen and oxygen atoms in total. The van der Waals surface area contributed by atoms with Gasteiger partial charge in [0.2, 0.25) is 5.91 Å². The minimum Gasteiger partial charge on any atom is -0.508 e. The van der Waals surface area contributed by atoms with Gasteiger partial charge in [-0.05, 0) is 22.3 Å². The molecule has 0 fully saturated rings. The summed E-state index contributed by atoms with van der Waals surface area (Å²) < 4.78 is 5.82. The molecule has 1 aliphatic heterocycles. The second-order valence-corrected chi connectivity index (χ2v) is 7.74. The van der Waals surface area contributed by atoms with Crippen LogP contribution >= 0.6 is 0 Å². The number of nitrogens with zero attached hydrogens (tertiary/aromatic N) is 1. The molecular weight excluding hydrogens is 408 g/mol. The van der Waals surface area contributed by atoms with E-state index >= 15 is 0 Å². The minimum absolute atomic E-state index is 0.00921. The zero-order valence-electron chi connectivity index (χ0n) is 17.7. The normalized spacial score (nSPS) is 12.3. The highest BCUT2D eigenvalue weighted by atomic mass is 16.5. The molecule has 3 aromatic rings. The monoisotopic (exact) mass is 432 g/mol. The van der Waals surface area contributed by atoms with Crippen molar-refractivity contribution in [3.05, 3.63) is 88.5 Å². The van der Waals surface area contributed by atoms with Gasteiger partial charge in [0, 0.05) is 38.7 Å². The molecule has 3 aromatic carbocycles. The molecule has 7 heteroatoms. The summed E-state index contributed by atoms with van der Waals surface area (Å²) in [6.45, 7) is 2.76. The van der Waals surface area contributed by atoms with Crippen LogP contribution < -0.4 is 10.1 Å². The lowest BCUT2D eigenvalue weighted by Crippen LogP contribution is -2.26. The number of rotatable bonds is 6. The van der Waals surface area contributed by atoms with E-state index in [1.165, 1.54) is 13.0 Å². The second kappa shape index (κ2) is 9.01. The minimum atomic E-state index is -0.396. The molecule has 0 aliphatic carbocycles. The van der Waals surface area contributed by atoms with Gasteiger partial charge in [0.1, 0.15) is 29.4 Å². The summed E-state index contributed by atoms with van der Waals surface area (Å²) in [6, 6.07) is 17.7. The van der Waals surface area contributed by atoms with E-state index in [2.05, 4.69) is 5.32 Å². The highest BCUT2D eigenvalue weighted by molar-refractivity contribution is 6.00. The molecule has 0 saturated carbocycles. The number of phenols is 2. The van der Waals surface area contributed by atoms with Gasteiger partial charge in [0.05, 0.1) is 0 Å². The van der Waals surface area contributed by atoms with E-state index in [9.17, 15) is 19.8 Å². The Balaban J connectivity index is 1.58. The van der Waals surface area contributed by atoms with E-state index in [0.717, 1.165) is 28.3 Å². The van der Waals surface area contributed by atoms with Crippen LogP contribution in [0.5, 0.6) is 17.2 Å². The van der Waals surface area contributed by atoms with Crippen LogP contribution in [0.1, 0.15) is 39.5 Å². The van der Waals surface area contributed by atoms with Gasteiger partial charge in [-0.1, -0.05) is 48.5 Å². The Morgan fingerprint density at radius 1 is 1.03 bits per heavy atom. The predicted octanol–water partition coefficient (Wildman–Crippen LogP) is 3.47. The molecule has 0 saturated heterocycles. The third kappa shape index (κ3) is 4.51. The van der Waals surface area contributed by atoms with E-state index < -0.39 is 5.91 Å². The topological polar surface area (TPSA) is 99.1 Å². The summed E-state index contributed by atoms with van der Waals surface area (Å²) in [7, 11) is 0.